The van der Waals surface area contributed by atoms with Gasteiger partial charge in [-0.25, -0.2) is 13.4 Å². The van der Waals surface area contributed by atoms with Crippen LogP contribution in [-0.2, 0) is 14.8 Å². The highest BCUT2D eigenvalue weighted by Gasteiger charge is 2.26. The molecule has 3 rings (SSSR count). The molecule has 3 aromatic rings. The maximum Gasteiger partial charge on any atom is 0.323 e. The van der Waals surface area contributed by atoms with Gasteiger partial charge in [0.15, 0.2) is 5.13 Å². The fraction of sp³-hybridized carbons (Fsp3) is 0.190. The first-order chi connectivity index (χ1) is 15.8. The van der Waals surface area contributed by atoms with Gasteiger partial charge in [-0.3, -0.25) is 9.59 Å². The summed E-state index contributed by atoms with van der Waals surface area (Å²) < 4.78 is 32.4. The first-order valence-corrected chi connectivity index (χ1v) is 12.2. The molecule has 2 aromatic carbocycles. The molecule has 0 aliphatic rings. The zero-order chi connectivity index (χ0) is 23.7. The van der Waals surface area contributed by atoms with Gasteiger partial charge in [-0.05, 0) is 36.4 Å². The van der Waals surface area contributed by atoms with Crippen LogP contribution in [-0.4, -0.2) is 56.1 Å². The second-order valence-corrected chi connectivity index (χ2v) is 9.28. The topological polar surface area (TPSA) is 147 Å². The van der Waals surface area contributed by atoms with Crippen LogP contribution in [0.2, 0.25) is 0 Å². The molecule has 0 radical (unpaired) electrons. The SMILES string of the molecule is O=C(NCC(NS(=O)(=O)c1ccccc1)C(=O)O)c1ccc(OCCNc2nccs2)cc1. The number of carbonyl (C=O) groups excluding carboxylic acids is 1. The average Bonchev–Trinajstić information content (AvgIpc) is 3.34. The number of carboxylic acids is 1. The minimum Gasteiger partial charge on any atom is -0.492 e. The molecule has 174 valence electrons. The van der Waals surface area contributed by atoms with Gasteiger partial charge in [-0.2, -0.15) is 4.72 Å². The summed E-state index contributed by atoms with van der Waals surface area (Å²) in [5.74, 6) is -1.39. The Balaban J connectivity index is 1.49. The van der Waals surface area contributed by atoms with E-state index in [1.807, 2.05) is 5.38 Å². The first kappa shape index (κ1) is 24.2. The predicted molar refractivity (Wildman–Crippen MR) is 123 cm³/mol. The molecule has 1 unspecified atom stereocenters. The van der Waals surface area contributed by atoms with Crippen molar-refractivity contribution in [2.75, 3.05) is 25.0 Å². The molecule has 12 heteroatoms. The summed E-state index contributed by atoms with van der Waals surface area (Å²) in [7, 11) is -4.06. The molecule has 0 aliphatic carbocycles. The molecular weight excluding hydrogens is 468 g/mol. The third-order valence-electron chi connectivity index (χ3n) is 4.31. The third kappa shape index (κ3) is 7.27. The van der Waals surface area contributed by atoms with E-state index in [2.05, 4.69) is 20.3 Å². The number of hydrogen-bond donors (Lipinski definition) is 4. The van der Waals surface area contributed by atoms with E-state index in [1.54, 1.807) is 24.4 Å². The zero-order valence-corrected chi connectivity index (χ0v) is 18.9. The van der Waals surface area contributed by atoms with Gasteiger partial charge in [-0.15, -0.1) is 11.3 Å². The Bertz CT molecular complexity index is 1150. The van der Waals surface area contributed by atoms with Gasteiger partial charge in [0, 0.05) is 23.7 Å². The maximum atomic E-state index is 12.4. The van der Waals surface area contributed by atoms with Crippen molar-refractivity contribution in [1.82, 2.24) is 15.0 Å². The highest BCUT2D eigenvalue weighted by Crippen LogP contribution is 2.13. The summed E-state index contributed by atoms with van der Waals surface area (Å²) in [4.78, 5) is 27.9. The van der Waals surface area contributed by atoms with Gasteiger partial charge < -0.3 is 20.5 Å². The van der Waals surface area contributed by atoms with E-state index >= 15 is 0 Å². The minimum absolute atomic E-state index is 0.0694. The third-order valence-corrected chi connectivity index (χ3v) is 6.53. The van der Waals surface area contributed by atoms with Crippen molar-refractivity contribution in [3.63, 3.8) is 0 Å². The number of thiazole rings is 1. The average molecular weight is 491 g/mol. The number of rotatable bonds is 12. The summed E-state index contributed by atoms with van der Waals surface area (Å²) in [5, 5.41) is 17.6. The molecule has 4 N–H and O–H groups in total. The number of nitrogens with one attached hydrogen (secondary N) is 3. The molecule has 0 fully saturated rings. The molecule has 1 atom stereocenters. The lowest BCUT2D eigenvalue weighted by Gasteiger charge is -2.16. The van der Waals surface area contributed by atoms with Gasteiger partial charge in [0.2, 0.25) is 10.0 Å². The molecule has 0 saturated carbocycles. The van der Waals surface area contributed by atoms with Crippen LogP contribution < -0.4 is 20.1 Å². The van der Waals surface area contributed by atoms with Crippen LogP contribution in [0.1, 0.15) is 10.4 Å². The first-order valence-electron chi connectivity index (χ1n) is 9.80. The second kappa shape index (κ2) is 11.4. The number of nitrogens with zero attached hydrogens (tertiary/aromatic N) is 1. The normalized spacial score (nSPS) is 12.0. The van der Waals surface area contributed by atoms with Crippen molar-refractivity contribution >= 4 is 38.4 Å². The summed E-state index contributed by atoms with van der Waals surface area (Å²) in [6, 6.07) is 12.1. The highest BCUT2D eigenvalue weighted by atomic mass is 32.2. The van der Waals surface area contributed by atoms with E-state index in [4.69, 9.17) is 4.74 Å². The van der Waals surface area contributed by atoms with E-state index in [1.165, 1.54) is 47.7 Å². The monoisotopic (exact) mass is 490 g/mol. The van der Waals surface area contributed by atoms with Crippen LogP contribution in [0.3, 0.4) is 0 Å². The number of sulfonamides is 1. The lowest BCUT2D eigenvalue weighted by atomic mass is 10.2. The quantitative estimate of drug-likeness (QED) is 0.281. The summed E-state index contributed by atoms with van der Waals surface area (Å²) in [5.41, 5.74) is 0.276. The highest BCUT2D eigenvalue weighted by molar-refractivity contribution is 7.89. The van der Waals surface area contributed by atoms with E-state index in [9.17, 15) is 23.1 Å². The molecule has 0 bridgehead atoms. The molecule has 0 spiro atoms. The van der Waals surface area contributed by atoms with E-state index in [-0.39, 0.29) is 10.5 Å². The number of carbonyl (C=O) groups is 2. The fourth-order valence-corrected chi connectivity index (χ4v) is 4.44. The molecule has 33 heavy (non-hydrogen) atoms. The van der Waals surface area contributed by atoms with Crippen molar-refractivity contribution in [2.45, 2.75) is 10.9 Å². The summed E-state index contributed by atoms with van der Waals surface area (Å²) in [6.07, 6.45) is 1.70. The Morgan fingerprint density at radius 2 is 1.82 bits per heavy atom. The van der Waals surface area contributed by atoms with Gasteiger partial charge >= 0.3 is 5.97 Å². The standard InChI is InChI=1S/C21H22N4O6S2/c26-19(15-6-8-16(9-7-15)31-12-10-22-21-23-11-13-32-21)24-14-18(20(27)28)25-33(29,30)17-4-2-1-3-5-17/h1-9,11,13,18,25H,10,12,14H2,(H,22,23)(H,24,26)(H,27,28). The summed E-state index contributed by atoms with van der Waals surface area (Å²) in [6.45, 7) is 0.527. The minimum atomic E-state index is -4.06. The lowest BCUT2D eigenvalue weighted by Crippen LogP contribution is -2.48. The van der Waals surface area contributed by atoms with Crippen LogP contribution in [0.25, 0.3) is 0 Å². The molecule has 1 heterocycles. The Morgan fingerprint density at radius 1 is 1.09 bits per heavy atom. The number of ether oxygens (including phenoxy) is 1. The largest absolute Gasteiger partial charge is 0.492 e. The van der Waals surface area contributed by atoms with Crippen LogP contribution in [0.4, 0.5) is 5.13 Å². The number of hydrogen-bond acceptors (Lipinski definition) is 8. The van der Waals surface area contributed by atoms with Gasteiger partial charge in [-0.1, -0.05) is 18.2 Å². The molecule has 0 aliphatic heterocycles. The van der Waals surface area contributed by atoms with Gasteiger partial charge in [0.05, 0.1) is 11.4 Å². The van der Waals surface area contributed by atoms with Crippen LogP contribution in [0.5, 0.6) is 5.75 Å². The number of benzene rings is 2. The van der Waals surface area contributed by atoms with Crippen molar-refractivity contribution in [3.8, 4) is 5.75 Å². The Hall–Kier alpha value is -3.48. The smallest absolute Gasteiger partial charge is 0.323 e. The number of aliphatic carboxylic acids is 1. The molecule has 1 aromatic heterocycles. The molecule has 0 saturated heterocycles. The van der Waals surface area contributed by atoms with Crippen LogP contribution >= 0.6 is 11.3 Å². The second-order valence-electron chi connectivity index (χ2n) is 6.67. The summed E-state index contributed by atoms with van der Waals surface area (Å²) >= 11 is 1.49. The Kier molecular flexibility index (Phi) is 8.35. The maximum absolute atomic E-state index is 12.4. The number of amides is 1. The van der Waals surface area contributed by atoms with E-state index in [0.29, 0.717) is 18.9 Å². The fourth-order valence-electron chi connectivity index (χ4n) is 2.67. The molecule has 1 amide bonds. The van der Waals surface area contributed by atoms with Crippen molar-refractivity contribution < 1.29 is 27.9 Å². The van der Waals surface area contributed by atoms with E-state index in [0.717, 1.165) is 5.13 Å². The van der Waals surface area contributed by atoms with Gasteiger partial charge in [0.1, 0.15) is 18.4 Å². The number of aromatic nitrogens is 1. The van der Waals surface area contributed by atoms with Gasteiger partial charge in [0.25, 0.3) is 5.91 Å². The number of carboxylic acid groups (broad SMARTS) is 1. The predicted octanol–water partition coefficient (Wildman–Crippen LogP) is 1.80. The lowest BCUT2D eigenvalue weighted by molar-refractivity contribution is -0.138. The van der Waals surface area contributed by atoms with Crippen LogP contribution in [0.15, 0.2) is 71.1 Å². The Labute approximate surface area is 194 Å². The molecule has 10 nitrogen and oxygen atoms in total. The van der Waals surface area contributed by atoms with Crippen molar-refractivity contribution in [2.24, 2.45) is 0 Å². The Morgan fingerprint density at radius 3 is 2.45 bits per heavy atom. The van der Waals surface area contributed by atoms with Crippen molar-refractivity contribution in [1.29, 1.82) is 0 Å². The van der Waals surface area contributed by atoms with E-state index < -0.39 is 34.5 Å². The molecular formula is C21H22N4O6S2. The van der Waals surface area contributed by atoms with Crippen molar-refractivity contribution in [3.05, 3.63) is 71.7 Å². The van der Waals surface area contributed by atoms with Crippen LogP contribution in [0, 0.1) is 0 Å². The zero-order valence-electron chi connectivity index (χ0n) is 17.3. The number of anilines is 1.